The van der Waals surface area contributed by atoms with Gasteiger partial charge in [-0.05, 0) is 86.9 Å². The van der Waals surface area contributed by atoms with E-state index in [0.717, 1.165) is 44.9 Å². The standard InChI is InChI=1S/C31H54O4/c1-4-5-6-7-8-9-10-11-27(33)31(20-35-31)26-15-14-24-23-13-12-21-18-22(32)16-17-29(21,2)25(23)19-28(34)30(24,26)3/h21-28,32-34H,4-20H2,1-3H3/t21-,22-,23-,24-,25-,26-,27+,28+,29-,30-,31?/m0/s1. The zero-order chi connectivity index (χ0) is 24.8. The van der Waals surface area contributed by atoms with Gasteiger partial charge in [-0.3, -0.25) is 0 Å². The van der Waals surface area contributed by atoms with E-state index in [0.29, 0.717) is 30.3 Å². The minimum Gasteiger partial charge on any atom is -0.393 e. The molecule has 1 aliphatic heterocycles. The van der Waals surface area contributed by atoms with Crippen molar-refractivity contribution in [3.63, 3.8) is 0 Å². The van der Waals surface area contributed by atoms with Crippen LogP contribution < -0.4 is 0 Å². The lowest BCUT2D eigenvalue weighted by atomic mass is 9.43. The van der Waals surface area contributed by atoms with E-state index in [1.807, 2.05) is 0 Å². The van der Waals surface area contributed by atoms with Gasteiger partial charge in [-0.1, -0.05) is 65.7 Å². The number of hydrogen-bond acceptors (Lipinski definition) is 4. The molecule has 4 heteroatoms. The predicted molar refractivity (Wildman–Crippen MR) is 140 cm³/mol. The summed E-state index contributed by atoms with van der Waals surface area (Å²) < 4.78 is 6.18. The van der Waals surface area contributed by atoms with Crippen LogP contribution in [0.3, 0.4) is 0 Å². The molecular weight excluding hydrogens is 436 g/mol. The molecule has 4 aliphatic carbocycles. The molecular formula is C31H54O4. The van der Waals surface area contributed by atoms with Crippen molar-refractivity contribution in [2.24, 2.45) is 40.4 Å². The van der Waals surface area contributed by atoms with Gasteiger partial charge in [0.05, 0.1) is 24.9 Å². The average molecular weight is 491 g/mol. The van der Waals surface area contributed by atoms with Gasteiger partial charge >= 0.3 is 0 Å². The summed E-state index contributed by atoms with van der Waals surface area (Å²) in [4.78, 5) is 0. The SMILES string of the molecule is CCCCCCCCC[C@@H](O)C1([C@H]2CC[C@H]3[C@@H]4CC[C@H]5C[C@@H](O)CC[C@]5(C)[C@H]4C[C@@H](O)[C@]23C)CO1. The van der Waals surface area contributed by atoms with Crippen molar-refractivity contribution >= 4 is 0 Å². The first-order chi connectivity index (χ1) is 16.8. The van der Waals surface area contributed by atoms with E-state index >= 15 is 0 Å². The third kappa shape index (κ3) is 4.45. The fourth-order valence-corrected chi connectivity index (χ4v) is 10.2. The molecule has 35 heavy (non-hydrogen) atoms. The fraction of sp³-hybridized carbons (Fsp3) is 1.00. The van der Waals surface area contributed by atoms with Crippen LogP contribution in [0.2, 0.25) is 0 Å². The highest BCUT2D eigenvalue weighted by Crippen LogP contribution is 2.70. The first-order valence-electron chi connectivity index (χ1n) is 15.5. The summed E-state index contributed by atoms with van der Waals surface area (Å²) in [5.41, 5.74) is -0.279. The minimum absolute atomic E-state index is 0.121. The first-order valence-corrected chi connectivity index (χ1v) is 15.5. The normalized spacial score (nSPS) is 49.7. The first kappa shape index (κ1) is 26.4. The van der Waals surface area contributed by atoms with Crippen LogP contribution in [0.15, 0.2) is 0 Å². The van der Waals surface area contributed by atoms with Gasteiger partial charge in [-0.2, -0.15) is 0 Å². The van der Waals surface area contributed by atoms with Crippen LogP contribution in [0, 0.1) is 40.4 Å². The van der Waals surface area contributed by atoms with Crippen LogP contribution in [-0.4, -0.2) is 45.8 Å². The number of aliphatic hydroxyl groups excluding tert-OH is 3. The Kier molecular flexibility index (Phi) is 7.70. The Labute approximate surface area is 214 Å². The van der Waals surface area contributed by atoms with Crippen LogP contribution in [0.1, 0.15) is 124 Å². The van der Waals surface area contributed by atoms with E-state index in [4.69, 9.17) is 4.74 Å². The molecule has 202 valence electrons. The van der Waals surface area contributed by atoms with Crippen molar-refractivity contribution in [2.45, 2.75) is 147 Å². The molecule has 0 aromatic heterocycles. The smallest absolute Gasteiger partial charge is 0.121 e. The molecule has 0 spiro atoms. The Hall–Kier alpha value is -0.160. The molecule has 11 atom stereocenters. The maximum Gasteiger partial charge on any atom is 0.121 e. The highest BCUT2D eigenvalue weighted by molar-refractivity contribution is 5.19. The summed E-state index contributed by atoms with van der Waals surface area (Å²) in [5.74, 6) is 2.69. The molecule has 1 saturated heterocycles. The van der Waals surface area contributed by atoms with Crippen LogP contribution in [0.4, 0.5) is 0 Å². The fourth-order valence-electron chi connectivity index (χ4n) is 10.2. The third-order valence-electron chi connectivity index (χ3n) is 12.5. The third-order valence-corrected chi connectivity index (χ3v) is 12.5. The molecule has 1 heterocycles. The van der Waals surface area contributed by atoms with Crippen LogP contribution in [0.25, 0.3) is 0 Å². The lowest BCUT2D eigenvalue weighted by Crippen LogP contribution is -2.60. The number of rotatable bonds is 10. The number of hydrogen-bond donors (Lipinski definition) is 3. The van der Waals surface area contributed by atoms with E-state index in [9.17, 15) is 15.3 Å². The van der Waals surface area contributed by atoms with Crippen molar-refractivity contribution < 1.29 is 20.1 Å². The molecule has 4 nitrogen and oxygen atoms in total. The molecule has 0 bridgehead atoms. The second kappa shape index (κ2) is 10.2. The van der Waals surface area contributed by atoms with Crippen molar-refractivity contribution in [3.05, 3.63) is 0 Å². The quantitative estimate of drug-likeness (QED) is 0.250. The highest BCUT2D eigenvalue weighted by atomic mass is 16.6. The van der Waals surface area contributed by atoms with Gasteiger partial charge in [-0.15, -0.1) is 0 Å². The van der Waals surface area contributed by atoms with Gasteiger partial charge in [0.2, 0.25) is 0 Å². The van der Waals surface area contributed by atoms with Crippen LogP contribution in [0.5, 0.6) is 0 Å². The molecule has 5 fully saturated rings. The second-order valence-corrected chi connectivity index (χ2v) is 14.0. The largest absolute Gasteiger partial charge is 0.393 e. The Balaban J connectivity index is 1.24. The van der Waals surface area contributed by atoms with E-state index in [1.165, 1.54) is 57.8 Å². The van der Waals surface area contributed by atoms with Gasteiger partial charge in [-0.25, -0.2) is 0 Å². The van der Waals surface area contributed by atoms with Crippen LogP contribution in [-0.2, 0) is 4.74 Å². The number of aliphatic hydroxyl groups is 3. The molecule has 0 aromatic carbocycles. The maximum absolute atomic E-state index is 11.8. The lowest BCUT2D eigenvalue weighted by molar-refractivity contribution is -0.180. The van der Waals surface area contributed by atoms with Crippen molar-refractivity contribution in [2.75, 3.05) is 6.61 Å². The monoisotopic (exact) mass is 490 g/mol. The summed E-state index contributed by atoms with van der Waals surface area (Å²) in [5, 5.41) is 33.5. The highest BCUT2D eigenvalue weighted by Gasteiger charge is 2.70. The minimum atomic E-state index is -0.407. The molecule has 0 amide bonds. The lowest BCUT2D eigenvalue weighted by Gasteiger charge is -2.62. The topological polar surface area (TPSA) is 73.2 Å². The van der Waals surface area contributed by atoms with Crippen LogP contribution >= 0.6 is 0 Å². The molecule has 0 aromatic rings. The summed E-state index contributed by atoms with van der Waals surface area (Å²) in [7, 11) is 0. The van der Waals surface area contributed by atoms with E-state index in [2.05, 4.69) is 20.8 Å². The summed E-state index contributed by atoms with van der Waals surface area (Å²) in [6.45, 7) is 7.78. The predicted octanol–water partition coefficient (Wildman–Crippen LogP) is 6.25. The molecule has 4 saturated carbocycles. The van der Waals surface area contributed by atoms with Crippen molar-refractivity contribution in [1.82, 2.24) is 0 Å². The molecule has 1 unspecified atom stereocenters. The molecule has 3 N–H and O–H groups in total. The maximum atomic E-state index is 11.8. The van der Waals surface area contributed by atoms with Gasteiger partial charge in [0.1, 0.15) is 5.60 Å². The number of ether oxygens (including phenoxy) is 1. The zero-order valence-electron chi connectivity index (χ0n) is 22.9. The number of fused-ring (bicyclic) bond motifs is 5. The Bertz CT molecular complexity index is 721. The molecule has 5 rings (SSSR count). The molecule has 5 aliphatic rings. The average Bonchev–Trinajstić information content (AvgIpc) is 3.55. The zero-order valence-corrected chi connectivity index (χ0v) is 22.9. The molecule has 0 radical (unpaired) electrons. The summed E-state index contributed by atoms with van der Waals surface area (Å²) in [6.07, 6.45) is 17.6. The summed E-state index contributed by atoms with van der Waals surface area (Å²) >= 11 is 0. The van der Waals surface area contributed by atoms with Crippen molar-refractivity contribution in [1.29, 1.82) is 0 Å². The van der Waals surface area contributed by atoms with Gasteiger partial charge in [0.25, 0.3) is 0 Å². The van der Waals surface area contributed by atoms with Gasteiger partial charge in [0, 0.05) is 11.3 Å². The van der Waals surface area contributed by atoms with Gasteiger partial charge < -0.3 is 20.1 Å². The second-order valence-electron chi connectivity index (χ2n) is 14.0. The Morgan fingerprint density at radius 1 is 0.857 bits per heavy atom. The van der Waals surface area contributed by atoms with Gasteiger partial charge in [0.15, 0.2) is 0 Å². The number of unbranched alkanes of at least 4 members (excludes halogenated alkanes) is 6. The Morgan fingerprint density at radius 2 is 1.57 bits per heavy atom. The summed E-state index contributed by atoms with van der Waals surface area (Å²) in [6, 6.07) is 0. The number of epoxide rings is 1. The van der Waals surface area contributed by atoms with E-state index < -0.39 is 11.7 Å². The van der Waals surface area contributed by atoms with Crippen molar-refractivity contribution in [3.8, 4) is 0 Å². The Morgan fingerprint density at radius 3 is 2.29 bits per heavy atom. The van der Waals surface area contributed by atoms with E-state index in [1.54, 1.807) is 0 Å². The van der Waals surface area contributed by atoms with E-state index in [-0.39, 0.29) is 29.0 Å².